The molecule has 2 aromatic carbocycles. The van der Waals surface area contributed by atoms with E-state index in [1.54, 1.807) is 24.3 Å². The lowest BCUT2D eigenvalue weighted by Crippen LogP contribution is -2.56. The van der Waals surface area contributed by atoms with Crippen LogP contribution >= 0.6 is 11.8 Å². The molecule has 0 unspecified atom stereocenters. The maximum absolute atomic E-state index is 13.1. The van der Waals surface area contributed by atoms with Gasteiger partial charge in [0.15, 0.2) is 0 Å². The van der Waals surface area contributed by atoms with Gasteiger partial charge in [-0.15, -0.1) is 0 Å². The van der Waals surface area contributed by atoms with E-state index in [-0.39, 0.29) is 12.8 Å². The Kier molecular flexibility index (Phi) is 11.0. The summed E-state index contributed by atoms with van der Waals surface area (Å²) in [6, 6.07) is 15.1. The van der Waals surface area contributed by atoms with Crippen molar-refractivity contribution in [1.29, 1.82) is 0 Å². The highest BCUT2D eigenvalue weighted by atomic mass is 32.2. The van der Waals surface area contributed by atoms with E-state index in [0.29, 0.717) is 18.6 Å². The number of hydrogen-bond donors (Lipinski definition) is 4. The van der Waals surface area contributed by atoms with Crippen molar-refractivity contribution in [3.8, 4) is 0 Å². The summed E-state index contributed by atoms with van der Waals surface area (Å²) in [5.74, 6) is -1.63. The third kappa shape index (κ3) is 8.97. The maximum Gasteiger partial charge on any atom is 0.326 e. The van der Waals surface area contributed by atoms with Gasteiger partial charge in [0.25, 0.3) is 0 Å². The number of carboxylic acids is 1. The SMILES string of the molecule is CSCC[C@H](NC=O)C(=O)N[C@@H](Cc1ccccc1)C(=O)N[C@@H](Cc1ccccc1)C(=O)O. The summed E-state index contributed by atoms with van der Waals surface area (Å²) in [5, 5.41) is 17.4. The minimum absolute atomic E-state index is 0.108. The van der Waals surface area contributed by atoms with Crippen LogP contribution in [0, 0.1) is 0 Å². The number of benzene rings is 2. The Morgan fingerprint density at radius 3 is 1.82 bits per heavy atom. The third-order valence-corrected chi connectivity index (χ3v) is 5.65. The summed E-state index contributed by atoms with van der Waals surface area (Å²) < 4.78 is 0. The van der Waals surface area contributed by atoms with Gasteiger partial charge in [0.1, 0.15) is 18.1 Å². The number of carboxylic acid groups (broad SMARTS) is 1. The Morgan fingerprint density at radius 1 is 0.848 bits per heavy atom. The van der Waals surface area contributed by atoms with Gasteiger partial charge < -0.3 is 21.1 Å². The lowest BCUT2D eigenvalue weighted by molar-refractivity contribution is -0.142. The summed E-state index contributed by atoms with van der Waals surface area (Å²) in [4.78, 5) is 48.7. The highest BCUT2D eigenvalue weighted by Gasteiger charge is 2.29. The molecule has 0 saturated carbocycles. The van der Waals surface area contributed by atoms with E-state index in [4.69, 9.17) is 0 Å². The molecule has 0 saturated heterocycles. The molecule has 0 aliphatic carbocycles. The van der Waals surface area contributed by atoms with Crippen molar-refractivity contribution in [2.24, 2.45) is 0 Å². The Bertz CT molecular complexity index is 911. The van der Waals surface area contributed by atoms with Crippen LogP contribution in [0.2, 0.25) is 0 Å². The molecule has 0 radical (unpaired) electrons. The highest BCUT2D eigenvalue weighted by molar-refractivity contribution is 7.98. The first-order chi connectivity index (χ1) is 15.9. The summed E-state index contributed by atoms with van der Waals surface area (Å²) in [7, 11) is 0. The van der Waals surface area contributed by atoms with Crippen LogP contribution in [0.3, 0.4) is 0 Å². The third-order valence-electron chi connectivity index (χ3n) is 5.01. The van der Waals surface area contributed by atoms with E-state index in [2.05, 4.69) is 16.0 Å². The number of carbonyl (C=O) groups excluding carboxylic acids is 3. The first-order valence-corrected chi connectivity index (χ1v) is 11.9. The van der Waals surface area contributed by atoms with E-state index in [1.807, 2.05) is 42.7 Å². The van der Waals surface area contributed by atoms with Crippen molar-refractivity contribution >= 4 is 36.0 Å². The van der Waals surface area contributed by atoms with Crippen LogP contribution in [-0.4, -0.2) is 59.4 Å². The monoisotopic (exact) mass is 471 g/mol. The number of thioether (sulfide) groups is 1. The largest absolute Gasteiger partial charge is 0.480 e. The summed E-state index contributed by atoms with van der Waals surface area (Å²) in [6.07, 6.45) is 3.03. The molecule has 4 N–H and O–H groups in total. The zero-order valence-corrected chi connectivity index (χ0v) is 19.2. The van der Waals surface area contributed by atoms with Crippen molar-refractivity contribution in [3.63, 3.8) is 0 Å². The number of nitrogens with one attached hydrogen (secondary N) is 3. The number of carbonyl (C=O) groups is 4. The smallest absolute Gasteiger partial charge is 0.326 e. The minimum Gasteiger partial charge on any atom is -0.480 e. The average molecular weight is 472 g/mol. The minimum atomic E-state index is -1.17. The molecule has 9 heteroatoms. The fraction of sp³-hybridized carbons (Fsp3) is 0.333. The first kappa shape index (κ1) is 25.9. The number of aliphatic carboxylic acids is 1. The molecule has 0 bridgehead atoms. The van der Waals surface area contributed by atoms with Gasteiger partial charge in [-0.25, -0.2) is 4.79 Å². The fourth-order valence-corrected chi connectivity index (χ4v) is 3.73. The zero-order valence-electron chi connectivity index (χ0n) is 18.4. The standard InChI is InChI=1S/C24H29N3O5S/c1-33-13-12-19(25-16-28)22(29)26-20(14-17-8-4-2-5-9-17)23(30)27-21(24(31)32)15-18-10-6-3-7-11-18/h2-11,16,19-21H,12-15H2,1H3,(H,25,28)(H,26,29)(H,27,30)(H,31,32)/t19-,20-,21-/m0/s1. The average Bonchev–Trinajstić information content (AvgIpc) is 2.82. The van der Waals surface area contributed by atoms with Crippen LogP contribution < -0.4 is 16.0 Å². The van der Waals surface area contributed by atoms with E-state index in [1.165, 1.54) is 11.8 Å². The van der Waals surface area contributed by atoms with Crippen LogP contribution in [0.15, 0.2) is 60.7 Å². The van der Waals surface area contributed by atoms with Crippen LogP contribution in [0.25, 0.3) is 0 Å². The highest BCUT2D eigenvalue weighted by Crippen LogP contribution is 2.08. The fourth-order valence-electron chi connectivity index (χ4n) is 3.26. The Hall–Kier alpha value is -3.33. The molecule has 0 fully saturated rings. The quantitative estimate of drug-likeness (QED) is 0.309. The van der Waals surface area contributed by atoms with Gasteiger partial charge in [0.2, 0.25) is 18.2 Å². The van der Waals surface area contributed by atoms with Gasteiger partial charge in [-0.05, 0) is 29.6 Å². The topological polar surface area (TPSA) is 125 Å². The van der Waals surface area contributed by atoms with Gasteiger partial charge in [-0.3, -0.25) is 14.4 Å². The first-order valence-electron chi connectivity index (χ1n) is 10.5. The van der Waals surface area contributed by atoms with Crippen LogP contribution in [-0.2, 0) is 32.0 Å². The Morgan fingerprint density at radius 2 is 1.33 bits per heavy atom. The van der Waals surface area contributed by atoms with Crippen molar-refractivity contribution < 1.29 is 24.3 Å². The molecule has 0 spiro atoms. The predicted octanol–water partition coefficient (Wildman–Crippen LogP) is 1.39. The second-order valence-corrected chi connectivity index (χ2v) is 8.44. The molecule has 3 atom stereocenters. The Labute approximate surface area is 197 Å². The lowest BCUT2D eigenvalue weighted by Gasteiger charge is -2.24. The molecule has 3 amide bonds. The van der Waals surface area contributed by atoms with Gasteiger partial charge >= 0.3 is 5.97 Å². The summed E-state index contributed by atoms with van der Waals surface area (Å²) in [6.45, 7) is 0. The zero-order chi connectivity index (χ0) is 24.1. The van der Waals surface area contributed by atoms with E-state index < -0.39 is 35.9 Å². The maximum atomic E-state index is 13.1. The number of hydrogen-bond acceptors (Lipinski definition) is 5. The van der Waals surface area contributed by atoms with Crippen molar-refractivity contribution in [2.45, 2.75) is 37.4 Å². The van der Waals surface area contributed by atoms with Gasteiger partial charge in [-0.1, -0.05) is 60.7 Å². The lowest BCUT2D eigenvalue weighted by atomic mass is 10.0. The van der Waals surface area contributed by atoms with Gasteiger partial charge in [0, 0.05) is 12.8 Å². The predicted molar refractivity (Wildman–Crippen MR) is 128 cm³/mol. The van der Waals surface area contributed by atoms with E-state index in [9.17, 15) is 24.3 Å². The van der Waals surface area contributed by atoms with Crippen LogP contribution in [0.4, 0.5) is 0 Å². The number of rotatable bonds is 14. The van der Waals surface area contributed by atoms with Crippen LogP contribution in [0.5, 0.6) is 0 Å². The molecular weight excluding hydrogens is 442 g/mol. The molecule has 8 nitrogen and oxygen atoms in total. The van der Waals surface area contributed by atoms with Gasteiger partial charge in [-0.2, -0.15) is 11.8 Å². The summed E-state index contributed by atoms with van der Waals surface area (Å²) in [5.41, 5.74) is 1.57. The van der Waals surface area contributed by atoms with Crippen molar-refractivity contribution in [1.82, 2.24) is 16.0 Å². The van der Waals surface area contributed by atoms with Crippen LogP contribution in [0.1, 0.15) is 17.5 Å². The molecule has 33 heavy (non-hydrogen) atoms. The number of amides is 3. The van der Waals surface area contributed by atoms with Crippen molar-refractivity contribution in [2.75, 3.05) is 12.0 Å². The Balaban J connectivity index is 2.18. The normalized spacial score (nSPS) is 13.2. The molecule has 2 rings (SSSR count). The van der Waals surface area contributed by atoms with Crippen molar-refractivity contribution in [3.05, 3.63) is 71.8 Å². The molecular formula is C24H29N3O5S. The van der Waals surface area contributed by atoms with E-state index in [0.717, 1.165) is 11.1 Å². The molecule has 2 aromatic rings. The molecule has 0 aromatic heterocycles. The van der Waals surface area contributed by atoms with Gasteiger partial charge in [0.05, 0.1) is 0 Å². The molecule has 0 aliphatic rings. The second-order valence-electron chi connectivity index (χ2n) is 7.46. The molecule has 0 aliphatic heterocycles. The second kappa shape index (κ2) is 13.9. The summed E-state index contributed by atoms with van der Waals surface area (Å²) >= 11 is 1.53. The molecule has 0 heterocycles. The van der Waals surface area contributed by atoms with E-state index >= 15 is 0 Å². The molecule has 176 valence electrons.